The summed E-state index contributed by atoms with van der Waals surface area (Å²) in [5.41, 5.74) is 2.80. The molecule has 0 aliphatic carbocycles. The first-order valence-electron chi connectivity index (χ1n) is 9.52. The standard InChI is InChI=1S/C22H28ClN3O3/c1-5-16-6-8-17(9-7-16)15(2)24-21(27)13-26(3)14-22(28)25-19-12-18(23)10-11-20(19)29-4/h6-12,15H,5,13-14H2,1-4H3,(H,24,27)(H,25,28). The third-order valence-electron chi connectivity index (χ3n) is 4.53. The minimum atomic E-state index is -0.260. The minimum absolute atomic E-state index is 0.0582. The topological polar surface area (TPSA) is 70.7 Å². The predicted molar refractivity (Wildman–Crippen MR) is 117 cm³/mol. The molecule has 156 valence electrons. The number of hydrogen-bond donors (Lipinski definition) is 2. The molecule has 0 spiro atoms. The largest absolute Gasteiger partial charge is 0.495 e. The number of nitrogens with zero attached hydrogens (tertiary/aromatic N) is 1. The van der Waals surface area contributed by atoms with Crippen molar-refractivity contribution in [2.75, 3.05) is 32.6 Å². The number of benzene rings is 2. The van der Waals surface area contributed by atoms with Gasteiger partial charge in [0.25, 0.3) is 0 Å². The first kappa shape index (κ1) is 22.7. The fraction of sp³-hybridized carbons (Fsp3) is 0.364. The van der Waals surface area contributed by atoms with Crippen LogP contribution in [0.3, 0.4) is 0 Å². The van der Waals surface area contributed by atoms with Crippen LogP contribution in [0.4, 0.5) is 5.69 Å². The van der Waals surface area contributed by atoms with Gasteiger partial charge in [0.05, 0.1) is 31.9 Å². The molecule has 1 atom stereocenters. The molecule has 2 amide bonds. The van der Waals surface area contributed by atoms with E-state index >= 15 is 0 Å². The van der Waals surface area contributed by atoms with Crippen molar-refractivity contribution in [2.24, 2.45) is 0 Å². The van der Waals surface area contributed by atoms with Crippen LogP contribution < -0.4 is 15.4 Å². The van der Waals surface area contributed by atoms with Crippen LogP contribution in [0.15, 0.2) is 42.5 Å². The van der Waals surface area contributed by atoms with Crippen molar-refractivity contribution in [3.8, 4) is 5.75 Å². The van der Waals surface area contributed by atoms with Gasteiger partial charge in [-0.25, -0.2) is 0 Å². The normalized spacial score (nSPS) is 11.8. The van der Waals surface area contributed by atoms with Crippen LogP contribution >= 0.6 is 11.6 Å². The maximum absolute atomic E-state index is 12.3. The van der Waals surface area contributed by atoms with Crippen molar-refractivity contribution in [1.82, 2.24) is 10.2 Å². The number of carbonyl (C=O) groups excluding carboxylic acids is 2. The third-order valence-corrected chi connectivity index (χ3v) is 4.76. The van der Waals surface area contributed by atoms with E-state index in [0.29, 0.717) is 16.5 Å². The fourth-order valence-electron chi connectivity index (χ4n) is 2.93. The minimum Gasteiger partial charge on any atom is -0.495 e. The average molecular weight is 418 g/mol. The van der Waals surface area contributed by atoms with E-state index in [1.165, 1.54) is 12.7 Å². The SMILES string of the molecule is CCc1ccc(C(C)NC(=O)CN(C)CC(=O)Nc2cc(Cl)ccc2OC)cc1. The lowest BCUT2D eigenvalue weighted by Crippen LogP contribution is -2.39. The molecule has 6 nitrogen and oxygen atoms in total. The Balaban J connectivity index is 1.84. The number of ether oxygens (including phenoxy) is 1. The summed E-state index contributed by atoms with van der Waals surface area (Å²) in [4.78, 5) is 26.3. The number of rotatable bonds is 9. The van der Waals surface area contributed by atoms with Gasteiger partial charge < -0.3 is 15.4 Å². The van der Waals surface area contributed by atoms with Gasteiger partial charge >= 0.3 is 0 Å². The summed E-state index contributed by atoms with van der Waals surface area (Å²) in [5, 5.41) is 6.22. The van der Waals surface area contributed by atoms with Gasteiger partial charge in [-0.05, 0) is 49.7 Å². The Morgan fingerprint density at radius 2 is 1.76 bits per heavy atom. The highest BCUT2D eigenvalue weighted by Gasteiger charge is 2.15. The Hall–Kier alpha value is -2.57. The van der Waals surface area contributed by atoms with Crippen LogP contribution in [0, 0.1) is 0 Å². The van der Waals surface area contributed by atoms with Crippen LogP contribution in [0.1, 0.15) is 31.0 Å². The quantitative estimate of drug-likeness (QED) is 0.653. The van der Waals surface area contributed by atoms with Gasteiger partial charge in [-0.15, -0.1) is 0 Å². The molecule has 2 rings (SSSR count). The molecule has 0 radical (unpaired) electrons. The molecule has 0 fully saturated rings. The van der Waals surface area contributed by atoms with Crippen molar-refractivity contribution in [3.63, 3.8) is 0 Å². The number of anilines is 1. The van der Waals surface area contributed by atoms with E-state index < -0.39 is 0 Å². The van der Waals surface area contributed by atoms with Crippen LogP contribution in [-0.4, -0.2) is 44.0 Å². The fourth-order valence-corrected chi connectivity index (χ4v) is 3.10. The van der Waals surface area contributed by atoms with Gasteiger partial charge in [-0.1, -0.05) is 42.8 Å². The summed E-state index contributed by atoms with van der Waals surface area (Å²) in [6.45, 7) is 4.21. The molecular formula is C22H28ClN3O3. The Morgan fingerprint density at radius 1 is 1.10 bits per heavy atom. The zero-order valence-corrected chi connectivity index (χ0v) is 18.0. The van der Waals surface area contributed by atoms with Crippen LogP contribution in [0.25, 0.3) is 0 Å². The van der Waals surface area contributed by atoms with E-state index in [0.717, 1.165) is 12.0 Å². The average Bonchev–Trinajstić information content (AvgIpc) is 2.67. The second-order valence-corrected chi connectivity index (χ2v) is 7.39. The van der Waals surface area contributed by atoms with Gasteiger partial charge in [0.1, 0.15) is 5.75 Å². The summed E-state index contributed by atoms with van der Waals surface area (Å²) in [6.07, 6.45) is 0.981. The smallest absolute Gasteiger partial charge is 0.238 e. The molecule has 0 aromatic heterocycles. The molecule has 2 aromatic rings. The van der Waals surface area contributed by atoms with Crippen LogP contribution in [-0.2, 0) is 16.0 Å². The monoisotopic (exact) mass is 417 g/mol. The van der Waals surface area contributed by atoms with Crippen LogP contribution in [0.2, 0.25) is 5.02 Å². The van der Waals surface area contributed by atoms with Crippen molar-refractivity contribution in [3.05, 3.63) is 58.6 Å². The van der Waals surface area contributed by atoms with Gasteiger partial charge in [-0.3, -0.25) is 14.5 Å². The molecule has 0 heterocycles. The Morgan fingerprint density at radius 3 is 2.38 bits per heavy atom. The van der Waals surface area contributed by atoms with Crippen molar-refractivity contribution in [2.45, 2.75) is 26.3 Å². The van der Waals surface area contributed by atoms with Gasteiger partial charge in [0.2, 0.25) is 11.8 Å². The molecule has 0 aliphatic heterocycles. The van der Waals surface area contributed by atoms with Crippen molar-refractivity contribution < 1.29 is 14.3 Å². The van der Waals surface area contributed by atoms with Crippen LogP contribution in [0.5, 0.6) is 5.75 Å². The van der Waals surface area contributed by atoms with Gasteiger partial charge in [-0.2, -0.15) is 0 Å². The number of aryl methyl sites for hydroxylation is 1. The number of carbonyl (C=O) groups is 2. The van der Waals surface area contributed by atoms with Crippen molar-refractivity contribution in [1.29, 1.82) is 0 Å². The van der Waals surface area contributed by atoms with E-state index in [9.17, 15) is 9.59 Å². The molecule has 0 saturated heterocycles. The number of amides is 2. The maximum atomic E-state index is 12.3. The number of halogens is 1. The molecule has 1 unspecified atom stereocenters. The van der Waals surface area contributed by atoms with E-state index in [1.807, 2.05) is 19.1 Å². The summed E-state index contributed by atoms with van der Waals surface area (Å²) in [5.74, 6) is 0.114. The number of hydrogen-bond acceptors (Lipinski definition) is 4. The number of likely N-dealkylation sites (N-methyl/N-ethyl adjacent to an activating group) is 1. The van der Waals surface area contributed by atoms with E-state index in [1.54, 1.807) is 30.1 Å². The first-order valence-corrected chi connectivity index (χ1v) is 9.90. The van der Waals surface area contributed by atoms with Gasteiger partial charge in [0.15, 0.2) is 0 Å². The summed E-state index contributed by atoms with van der Waals surface area (Å²) < 4.78 is 5.22. The molecular weight excluding hydrogens is 390 g/mol. The summed E-state index contributed by atoms with van der Waals surface area (Å²) >= 11 is 5.98. The maximum Gasteiger partial charge on any atom is 0.238 e. The second kappa shape index (κ2) is 10.8. The molecule has 2 aromatic carbocycles. The lowest BCUT2D eigenvalue weighted by molar-refractivity contribution is -0.123. The third kappa shape index (κ3) is 7.07. The zero-order chi connectivity index (χ0) is 21.4. The summed E-state index contributed by atoms with van der Waals surface area (Å²) in [7, 11) is 3.24. The zero-order valence-electron chi connectivity index (χ0n) is 17.3. The first-order chi connectivity index (χ1) is 13.8. The van der Waals surface area contributed by atoms with E-state index in [-0.39, 0.29) is 30.9 Å². The van der Waals surface area contributed by atoms with Gasteiger partial charge in [0, 0.05) is 5.02 Å². The molecule has 2 N–H and O–H groups in total. The van der Waals surface area contributed by atoms with E-state index in [2.05, 4.69) is 29.7 Å². The Bertz CT molecular complexity index is 840. The Kier molecular flexibility index (Phi) is 8.49. The molecule has 0 saturated carbocycles. The predicted octanol–water partition coefficient (Wildman–Crippen LogP) is 3.66. The van der Waals surface area contributed by atoms with E-state index in [4.69, 9.17) is 16.3 Å². The van der Waals surface area contributed by atoms with Crippen molar-refractivity contribution >= 4 is 29.1 Å². The Labute approximate surface area is 177 Å². The second-order valence-electron chi connectivity index (χ2n) is 6.95. The highest BCUT2D eigenvalue weighted by molar-refractivity contribution is 6.31. The lowest BCUT2D eigenvalue weighted by atomic mass is 10.1. The number of methoxy groups -OCH3 is 1. The summed E-state index contributed by atoms with van der Waals surface area (Å²) in [6, 6.07) is 13.1. The highest BCUT2D eigenvalue weighted by atomic mass is 35.5. The molecule has 7 heteroatoms. The number of nitrogens with one attached hydrogen (secondary N) is 2. The molecule has 0 bridgehead atoms. The molecule has 29 heavy (non-hydrogen) atoms. The molecule has 0 aliphatic rings. The highest BCUT2D eigenvalue weighted by Crippen LogP contribution is 2.27. The lowest BCUT2D eigenvalue weighted by Gasteiger charge is -2.19.